The fourth-order valence-corrected chi connectivity index (χ4v) is 3.47. The molecule has 0 unspecified atom stereocenters. The van der Waals surface area contributed by atoms with Gasteiger partial charge in [0.1, 0.15) is 0 Å². The van der Waals surface area contributed by atoms with Crippen molar-refractivity contribution in [2.45, 2.75) is 71.6 Å². The van der Waals surface area contributed by atoms with Crippen molar-refractivity contribution in [3.05, 3.63) is 106 Å². The van der Waals surface area contributed by atoms with Gasteiger partial charge in [0, 0.05) is 0 Å². The van der Waals surface area contributed by atoms with Crippen LogP contribution in [0.1, 0.15) is 77.3 Å². The minimum atomic E-state index is 0.885. The fourth-order valence-electron chi connectivity index (χ4n) is 3.47. The molecule has 0 spiro atoms. The van der Waals surface area contributed by atoms with Crippen LogP contribution >= 0.6 is 0 Å². The van der Waals surface area contributed by atoms with E-state index in [2.05, 4.69) is 100 Å². The molecule has 0 bridgehead atoms. The standard InChI is InChI=1S/C11H14.C10H12.C8H10/c1-9-5-7-11(8-6-9)10-3-2-4-10;1-8-2-4-9(5-3-8)10-6-7-10;1-7-3-5-8(2)6-4-7/h5-8,10H,2-4H2,1H3;2-5,10H,6-7H2,1H3;3-6H,1-2H3. The quantitative estimate of drug-likeness (QED) is 0.416. The summed E-state index contributed by atoms with van der Waals surface area (Å²) < 4.78 is 0. The molecule has 0 N–H and O–H groups in total. The molecule has 3 aromatic carbocycles. The summed E-state index contributed by atoms with van der Waals surface area (Å²) in [4.78, 5) is 0. The summed E-state index contributed by atoms with van der Waals surface area (Å²) in [6.07, 6.45) is 7.05. The summed E-state index contributed by atoms with van der Waals surface area (Å²) in [5, 5.41) is 0. The van der Waals surface area contributed by atoms with Gasteiger partial charge in [-0.3, -0.25) is 0 Å². The van der Waals surface area contributed by atoms with Crippen LogP contribution in [0.4, 0.5) is 0 Å². The molecule has 3 aromatic rings. The number of benzene rings is 3. The van der Waals surface area contributed by atoms with E-state index in [1.165, 1.54) is 59.9 Å². The highest BCUT2D eigenvalue weighted by Gasteiger charge is 2.22. The minimum Gasteiger partial charge on any atom is -0.0591 e. The van der Waals surface area contributed by atoms with Crippen LogP contribution in [0.3, 0.4) is 0 Å². The third-order valence-corrected chi connectivity index (χ3v) is 6.00. The number of aryl methyl sites for hydroxylation is 4. The summed E-state index contributed by atoms with van der Waals surface area (Å²) in [5.74, 6) is 1.79. The molecule has 5 rings (SSSR count). The predicted molar refractivity (Wildman–Crippen MR) is 127 cm³/mol. The Morgan fingerprint density at radius 2 is 0.690 bits per heavy atom. The lowest BCUT2D eigenvalue weighted by Crippen LogP contribution is -2.08. The number of hydrogen-bond donors (Lipinski definition) is 0. The van der Waals surface area contributed by atoms with Crippen LogP contribution in [-0.2, 0) is 0 Å². The monoisotopic (exact) mass is 384 g/mol. The van der Waals surface area contributed by atoms with Crippen LogP contribution in [0.15, 0.2) is 72.8 Å². The summed E-state index contributed by atoms with van der Waals surface area (Å²) >= 11 is 0. The van der Waals surface area contributed by atoms with Gasteiger partial charge in [0.25, 0.3) is 0 Å². The van der Waals surface area contributed by atoms with Gasteiger partial charge in [0.05, 0.1) is 0 Å². The minimum absolute atomic E-state index is 0.885. The SMILES string of the molecule is Cc1ccc(C)cc1.Cc1ccc(C2CC2)cc1.Cc1ccc(C2CCC2)cc1. The van der Waals surface area contributed by atoms with E-state index in [9.17, 15) is 0 Å². The molecule has 0 atom stereocenters. The first kappa shape index (κ1) is 21.4. The van der Waals surface area contributed by atoms with E-state index in [1.54, 1.807) is 5.56 Å². The van der Waals surface area contributed by atoms with Crippen LogP contribution in [-0.4, -0.2) is 0 Å². The van der Waals surface area contributed by atoms with Crippen molar-refractivity contribution in [2.24, 2.45) is 0 Å². The third-order valence-electron chi connectivity index (χ3n) is 6.00. The van der Waals surface area contributed by atoms with E-state index < -0.39 is 0 Å². The molecule has 152 valence electrons. The van der Waals surface area contributed by atoms with Crippen molar-refractivity contribution in [3.63, 3.8) is 0 Å². The van der Waals surface area contributed by atoms with Crippen LogP contribution < -0.4 is 0 Å². The molecule has 0 radical (unpaired) electrons. The maximum atomic E-state index is 2.28. The van der Waals surface area contributed by atoms with Crippen molar-refractivity contribution in [2.75, 3.05) is 0 Å². The topological polar surface area (TPSA) is 0 Å². The molecule has 0 saturated heterocycles. The summed E-state index contributed by atoms with van der Waals surface area (Å²) in [6, 6.07) is 26.4. The van der Waals surface area contributed by atoms with E-state index in [0.29, 0.717) is 0 Å². The van der Waals surface area contributed by atoms with E-state index in [4.69, 9.17) is 0 Å². The van der Waals surface area contributed by atoms with Crippen LogP contribution in [0.5, 0.6) is 0 Å². The van der Waals surface area contributed by atoms with Gasteiger partial charge >= 0.3 is 0 Å². The third kappa shape index (κ3) is 7.20. The lowest BCUT2D eigenvalue weighted by Gasteiger charge is -2.25. The van der Waals surface area contributed by atoms with Gasteiger partial charge in [-0.1, -0.05) is 101 Å². The van der Waals surface area contributed by atoms with Gasteiger partial charge in [0.15, 0.2) is 0 Å². The molecule has 0 aromatic heterocycles. The fraction of sp³-hybridized carbons (Fsp3) is 0.379. The first-order valence-corrected chi connectivity index (χ1v) is 11.2. The van der Waals surface area contributed by atoms with E-state index in [0.717, 1.165) is 11.8 Å². The highest BCUT2D eigenvalue weighted by Crippen LogP contribution is 2.39. The summed E-state index contributed by atoms with van der Waals surface area (Å²) in [5.41, 5.74) is 8.47. The lowest BCUT2D eigenvalue weighted by atomic mass is 9.80. The van der Waals surface area contributed by atoms with E-state index >= 15 is 0 Å². The molecule has 0 heterocycles. The normalized spacial score (nSPS) is 15.3. The Hall–Kier alpha value is -2.34. The molecule has 0 aliphatic heterocycles. The van der Waals surface area contributed by atoms with Gasteiger partial charge in [-0.15, -0.1) is 0 Å². The molecule has 0 nitrogen and oxygen atoms in total. The Morgan fingerprint density at radius 1 is 0.414 bits per heavy atom. The molecule has 2 saturated carbocycles. The first-order chi connectivity index (χ1) is 14.0. The Balaban J connectivity index is 0.000000126. The Morgan fingerprint density at radius 3 is 0.931 bits per heavy atom. The Bertz CT molecular complexity index is 824. The maximum Gasteiger partial charge on any atom is -0.0162 e. The Labute approximate surface area is 178 Å². The second-order valence-electron chi connectivity index (χ2n) is 8.88. The molecule has 29 heavy (non-hydrogen) atoms. The second-order valence-corrected chi connectivity index (χ2v) is 8.88. The van der Waals surface area contributed by atoms with Crippen molar-refractivity contribution < 1.29 is 0 Å². The van der Waals surface area contributed by atoms with Crippen molar-refractivity contribution in [3.8, 4) is 0 Å². The molecular formula is C29H36. The van der Waals surface area contributed by atoms with E-state index in [-0.39, 0.29) is 0 Å². The van der Waals surface area contributed by atoms with Gasteiger partial charge in [-0.2, -0.15) is 0 Å². The zero-order valence-corrected chi connectivity index (χ0v) is 18.6. The molecule has 2 fully saturated rings. The highest BCUT2D eigenvalue weighted by molar-refractivity contribution is 5.27. The predicted octanol–water partition coefficient (Wildman–Crippen LogP) is 8.44. The van der Waals surface area contributed by atoms with Gasteiger partial charge in [-0.25, -0.2) is 0 Å². The van der Waals surface area contributed by atoms with Crippen LogP contribution in [0.2, 0.25) is 0 Å². The van der Waals surface area contributed by atoms with Crippen molar-refractivity contribution >= 4 is 0 Å². The van der Waals surface area contributed by atoms with Gasteiger partial charge in [0.2, 0.25) is 0 Å². The summed E-state index contributed by atoms with van der Waals surface area (Å²) in [6.45, 7) is 8.47. The van der Waals surface area contributed by atoms with Crippen molar-refractivity contribution in [1.29, 1.82) is 0 Å². The molecule has 0 heteroatoms. The van der Waals surface area contributed by atoms with Crippen LogP contribution in [0.25, 0.3) is 0 Å². The molecule has 2 aliphatic rings. The lowest BCUT2D eigenvalue weighted by molar-refractivity contribution is 0.420. The van der Waals surface area contributed by atoms with Gasteiger partial charge < -0.3 is 0 Å². The zero-order valence-electron chi connectivity index (χ0n) is 18.6. The molecule has 2 aliphatic carbocycles. The number of hydrogen-bond acceptors (Lipinski definition) is 0. The Kier molecular flexibility index (Phi) is 7.69. The smallest absolute Gasteiger partial charge is 0.0162 e. The van der Waals surface area contributed by atoms with E-state index in [1.807, 2.05) is 0 Å². The average Bonchev–Trinajstić information content (AvgIpc) is 3.52. The first-order valence-electron chi connectivity index (χ1n) is 11.2. The van der Waals surface area contributed by atoms with Crippen LogP contribution in [0, 0.1) is 27.7 Å². The molecular weight excluding hydrogens is 348 g/mol. The maximum absolute atomic E-state index is 2.28. The number of rotatable bonds is 2. The molecule has 0 amide bonds. The second kappa shape index (κ2) is 10.4. The van der Waals surface area contributed by atoms with Crippen molar-refractivity contribution in [1.82, 2.24) is 0 Å². The summed E-state index contributed by atoms with van der Waals surface area (Å²) in [7, 11) is 0. The largest absolute Gasteiger partial charge is 0.0591 e. The average molecular weight is 385 g/mol. The highest BCUT2D eigenvalue weighted by atomic mass is 14.3. The van der Waals surface area contributed by atoms with Gasteiger partial charge in [-0.05, 0) is 76.3 Å². The zero-order chi connectivity index (χ0) is 20.6.